The fraction of sp³-hybridized carbons (Fsp3) is 0.400. The molecule has 182 valence electrons. The summed E-state index contributed by atoms with van der Waals surface area (Å²) in [5.74, 6) is -0.121. The van der Waals surface area contributed by atoms with Crippen LogP contribution in [0.1, 0.15) is 38.3 Å². The number of rotatable bonds is 11. The Bertz CT molecular complexity index is 1040. The maximum absolute atomic E-state index is 13.3. The number of benzene rings is 2. The summed E-state index contributed by atoms with van der Waals surface area (Å²) in [7, 11) is 0. The third kappa shape index (κ3) is 5.30. The molecular weight excluding hydrogens is 441 g/mol. The predicted molar refractivity (Wildman–Crippen MR) is 124 cm³/mol. The molecule has 0 aromatic heterocycles. The highest BCUT2D eigenvalue weighted by atomic mass is 19.1. The molecule has 0 spiro atoms. The summed E-state index contributed by atoms with van der Waals surface area (Å²) in [5.41, 5.74) is 0.102. The molecule has 0 bridgehead atoms. The Labute approximate surface area is 198 Å². The number of urea groups is 1. The van der Waals surface area contributed by atoms with E-state index in [9.17, 15) is 18.8 Å². The summed E-state index contributed by atoms with van der Waals surface area (Å²) < 4.78 is 24.5. The van der Waals surface area contributed by atoms with Crippen LogP contribution in [0, 0.1) is 5.82 Å². The van der Waals surface area contributed by atoms with E-state index in [1.165, 1.54) is 24.3 Å². The monoisotopic (exact) mass is 471 g/mol. The van der Waals surface area contributed by atoms with E-state index in [1.54, 1.807) is 6.92 Å². The van der Waals surface area contributed by atoms with Crippen LogP contribution in [0.3, 0.4) is 0 Å². The van der Waals surface area contributed by atoms with E-state index in [0.29, 0.717) is 43.2 Å². The van der Waals surface area contributed by atoms with E-state index in [1.807, 2.05) is 32.0 Å². The summed E-state index contributed by atoms with van der Waals surface area (Å²) in [6.45, 7) is 6.48. The van der Waals surface area contributed by atoms with Gasteiger partial charge >= 0.3 is 6.03 Å². The zero-order chi connectivity index (χ0) is 24.7. The third-order valence-corrected chi connectivity index (χ3v) is 5.69. The van der Waals surface area contributed by atoms with Crippen molar-refractivity contribution >= 4 is 17.8 Å². The Balaban J connectivity index is 1.60. The van der Waals surface area contributed by atoms with Crippen LogP contribution in [0.15, 0.2) is 42.5 Å². The number of ether oxygens (including phenoxy) is 2. The number of carbonyl (C=O) groups is 3. The summed E-state index contributed by atoms with van der Waals surface area (Å²) >= 11 is 0. The van der Waals surface area contributed by atoms with Gasteiger partial charge in [0, 0.05) is 6.54 Å². The second-order valence-corrected chi connectivity index (χ2v) is 7.83. The quantitative estimate of drug-likeness (QED) is 0.491. The van der Waals surface area contributed by atoms with Gasteiger partial charge in [0.2, 0.25) is 5.91 Å². The third-order valence-electron chi connectivity index (χ3n) is 5.69. The Hall–Kier alpha value is -3.62. The van der Waals surface area contributed by atoms with Crippen LogP contribution < -0.4 is 20.1 Å². The predicted octanol–water partition coefficient (Wildman–Crippen LogP) is 3.14. The van der Waals surface area contributed by atoms with Gasteiger partial charge in [0.1, 0.15) is 17.9 Å². The van der Waals surface area contributed by atoms with E-state index in [2.05, 4.69) is 10.6 Å². The van der Waals surface area contributed by atoms with Crippen molar-refractivity contribution in [2.24, 2.45) is 0 Å². The Kier molecular flexibility index (Phi) is 8.09. The van der Waals surface area contributed by atoms with E-state index in [4.69, 9.17) is 9.47 Å². The van der Waals surface area contributed by atoms with Crippen molar-refractivity contribution in [1.82, 2.24) is 15.5 Å². The number of hydrogen-bond acceptors (Lipinski definition) is 5. The molecule has 0 radical (unpaired) electrons. The lowest BCUT2D eigenvalue weighted by atomic mass is 9.87. The highest BCUT2D eigenvalue weighted by Gasteiger charge is 2.51. The Morgan fingerprint density at radius 1 is 1.03 bits per heavy atom. The maximum atomic E-state index is 13.3. The van der Waals surface area contributed by atoms with Crippen LogP contribution in [0.25, 0.3) is 0 Å². The van der Waals surface area contributed by atoms with Crippen molar-refractivity contribution in [3.8, 4) is 11.5 Å². The molecule has 4 amide bonds. The van der Waals surface area contributed by atoms with Crippen molar-refractivity contribution in [3.05, 3.63) is 59.4 Å². The van der Waals surface area contributed by atoms with E-state index < -0.39 is 35.7 Å². The van der Waals surface area contributed by atoms with Gasteiger partial charge in [-0.1, -0.05) is 25.1 Å². The molecule has 9 heteroatoms. The average Bonchev–Trinajstić information content (AvgIpc) is 3.06. The second-order valence-electron chi connectivity index (χ2n) is 7.83. The topological polar surface area (TPSA) is 97.0 Å². The fourth-order valence-corrected chi connectivity index (χ4v) is 3.94. The molecule has 1 heterocycles. The van der Waals surface area contributed by atoms with Crippen LogP contribution in [-0.2, 0) is 21.5 Å². The number of carbonyl (C=O) groups excluding carboxylic acids is 3. The smallest absolute Gasteiger partial charge is 0.325 e. The molecule has 0 unspecified atom stereocenters. The second kappa shape index (κ2) is 11.0. The Morgan fingerprint density at radius 2 is 1.71 bits per heavy atom. The van der Waals surface area contributed by atoms with Gasteiger partial charge in [-0.15, -0.1) is 0 Å². The minimum Gasteiger partial charge on any atom is -0.490 e. The lowest BCUT2D eigenvalue weighted by molar-refractivity contribution is -0.135. The van der Waals surface area contributed by atoms with Crippen molar-refractivity contribution in [1.29, 1.82) is 0 Å². The summed E-state index contributed by atoms with van der Waals surface area (Å²) in [6.07, 6.45) is 0.800. The molecule has 2 N–H and O–H groups in total. The molecule has 1 aliphatic rings. The van der Waals surface area contributed by atoms with Gasteiger partial charge in [-0.3, -0.25) is 14.5 Å². The van der Waals surface area contributed by atoms with E-state index in [0.717, 1.165) is 10.5 Å². The first-order valence-corrected chi connectivity index (χ1v) is 11.4. The van der Waals surface area contributed by atoms with Crippen LogP contribution in [0.2, 0.25) is 0 Å². The molecule has 34 heavy (non-hydrogen) atoms. The number of nitrogens with one attached hydrogen (secondary N) is 2. The first kappa shape index (κ1) is 25.0. The van der Waals surface area contributed by atoms with Gasteiger partial charge in [-0.05, 0) is 62.1 Å². The first-order chi connectivity index (χ1) is 16.3. The molecule has 1 atom stereocenters. The van der Waals surface area contributed by atoms with Crippen LogP contribution in [0.4, 0.5) is 9.18 Å². The molecule has 0 saturated carbocycles. The summed E-state index contributed by atoms with van der Waals surface area (Å²) in [5, 5.41) is 5.43. The van der Waals surface area contributed by atoms with Crippen molar-refractivity contribution in [2.45, 2.75) is 39.2 Å². The standard InChI is InChI=1S/C25H30FN3O5/c1-4-25(18-8-10-19(26)11-9-18)23(31)29(24(32)28-25)16-22(30)27-14-13-17-7-12-20(33-5-2)21(15-17)34-6-3/h7-12,15H,4-6,13-14,16H2,1-3H3,(H,27,30)(H,28,32)/t25-/m1/s1. The van der Waals surface area contributed by atoms with Crippen molar-refractivity contribution in [2.75, 3.05) is 26.3 Å². The molecular formula is C25H30FN3O5. The molecule has 2 aromatic rings. The van der Waals surface area contributed by atoms with Crippen LogP contribution >= 0.6 is 0 Å². The average molecular weight is 472 g/mol. The molecule has 2 aromatic carbocycles. The normalized spacial score (nSPS) is 17.5. The van der Waals surface area contributed by atoms with Crippen molar-refractivity contribution < 1.29 is 28.2 Å². The van der Waals surface area contributed by atoms with Crippen LogP contribution in [0.5, 0.6) is 11.5 Å². The van der Waals surface area contributed by atoms with E-state index >= 15 is 0 Å². The van der Waals surface area contributed by atoms with Crippen LogP contribution in [-0.4, -0.2) is 49.0 Å². The van der Waals surface area contributed by atoms with Gasteiger partial charge in [0.05, 0.1) is 13.2 Å². The van der Waals surface area contributed by atoms with Gasteiger partial charge in [0.25, 0.3) is 5.91 Å². The minimum absolute atomic E-state index is 0.265. The zero-order valence-corrected chi connectivity index (χ0v) is 19.7. The highest BCUT2D eigenvalue weighted by molar-refractivity contribution is 6.09. The van der Waals surface area contributed by atoms with Gasteiger partial charge in [-0.25, -0.2) is 9.18 Å². The SMILES string of the molecule is CCOc1ccc(CCNC(=O)CN2C(=O)N[C@](CC)(c3ccc(F)cc3)C2=O)cc1OCC. The fourth-order valence-electron chi connectivity index (χ4n) is 3.94. The molecule has 3 rings (SSSR count). The molecule has 8 nitrogen and oxygen atoms in total. The van der Waals surface area contributed by atoms with Gasteiger partial charge in [0.15, 0.2) is 11.5 Å². The molecule has 1 aliphatic heterocycles. The van der Waals surface area contributed by atoms with Gasteiger partial charge in [-0.2, -0.15) is 0 Å². The zero-order valence-electron chi connectivity index (χ0n) is 19.7. The number of hydrogen-bond donors (Lipinski definition) is 2. The Morgan fingerprint density at radius 3 is 2.35 bits per heavy atom. The number of amides is 4. The minimum atomic E-state index is -1.32. The number of halogens is 1. The van der Waals surface area contributed by atoms with Crippen molar-refractivity contribution in [3.63, 3.8) is 0 Å². The highest BCUT2D eigenvalue weighted by Crippen LogP contribution is 2.32. The number of imide groups is 1. The lowest BCUT2D eigenvalue weighted by Crippen LogP contribution is -2.45. The number of nitrogens with zero attached hydrogens (tertiary/aromatic N) is 1. The molecule has 0 aliphatic carbocycles. The van der Waals surface area contributed by atoms with E-state index in [-0.39, 0.29) is 6.42 Å². The largest absolute Gasteiger partial charge is 0.490 e. The summed E-state index contributed by atoms with van der Waals surface area (Å²) in [4.78, 5) is 39.0. The van der Waals surface area contributed by atoms with Gasteiger partial charge < -0.3 is 20.1 Å². The summed E-state index contributed by atoms with van der Waals surface area (Å²) in [6, 6.07) is 10.4. The lowest BCUT2D eigenvalue weighted by Gasteiger charge is -2.25. The molecule has 1 fully saturated rings. The first-order valence-electron chi connectivity index (χ1n) is 11.4. The molecule has 1 saturated heterocycles. The maximum Gasteiger partial charge on any atom is 0.325 e.